The number of nitrogens with two attached hydrogens (primary N) is 1. The minimum Gasteiger partial charge on any atom is -0.453 e. The number of halogens is 2. The van der Waals surface area contributed by atoms with Crippen molar-refractivity contribution in [3.63, 3.8) is 0 Å². The molecule has 0 fully saturated rings. The molecule has 3 aromatic carbocycles. The molecule has 5 atom stereocenters. The van der Waals surface area contributed by atoms with Gasteiger partial charge in [-0.3, -0.25) is 9.59 Å². The summed E-state index contributed by atoms with van der Waals surface area (Å²) in [5.41, 5.74) is 8.89. The molecule has 0 unspecified atom stereocenters. The number of nitrogens with one attached hydrogen (secondary N) is 3. The van der Waals surface area contributed by atoms with Crippen molar-refractivity contribution in [1.82, 2.24) is 25.6 Å². The zero-order chi connectivity index (χ0) is 37.6. The van der Waals surface area contributed by atoms with Gasteiger partial charge in [0.1, 0.15) is 28.7 Å². The number of hydrogen-bond donors (Lipinski definition) is 4. The predicted molar refractivity (Wildman–Crippen MR) is 201 cm³/mol. The van der Waals surface area contributed by atoms with Crippen molar-refractivity contribution in [2.75, 3.05) is 0 Å². The molecule has 0 saturated heterocycles. The summed E-state index contributed by atoms with van der Waals surface area (Å²) >= 11 is 13.6. The summed E-state index contributed by atoms with van der Waals surface area (Å²) < 4.78 is 26.5. The van der Waals surface area contributed by atoms with Crippen molar-refractivity contribution >= 4 is 45.9 Å². The van der Waals surface area contributed by atoms with Crippen molar-refractivity contribution < 1.29 is 27.9 Å². The largest absolute Gasteiger partial charge is 0.453 e. The lowest BCUT2D eigenvalue weighted by atomic mass is 9.72. The number of H-pyrrole nitrogens is 1. The lowest BCUT2D eigenvalue weighted by Gasteiger charge is -2.28. The Balaban J connectivity index is 1.28. The molecule has 14 heteroatoms. The van der Waals surface area contributed by atoms with E-state index in [0.717, 1.165) is 27.6 Å². The van der Waals surface area contributed by atoms with Crippen LogP contribution in [0.5, 0.6) is 11.5 Å². The fourth-order valence-electron chi connectivity index (χ4n) is 7.75. The number of benzene rings is 3. The maximum Gasteiger partial charge on any atom is 0.262 e. The van der Waals surface area contributed by atoms with Crippen LogP contribution in [-0.4, -0.2) is 45.1 Å². The molecule has 0 radical (unpaired) electrons. The monoisotopic (exact) mass is 766 g/mol. The number of carbonyl (C=O) groups is 2. The van der Waals surface area contributed by atoms with E-state index in [2.05, 4.69) is 15.6 Å². The Labute approximate surface area is 319 Å². The van der Waals surface area contributed by atoms with E-state index in [-0.39, 0.29) is 46.6 Å². The van der Waals surface area contributed by atoms with Crippen LogP contribution in [0.3, 0.4) is 0 Å². The average molecular weight is 768 g/mol. The number of aromatic amines is 1. The Morgan fingerprint density at radius 3 is 2.48 bits per heavy atom. The zero-order valence-corrected chi connectivity index (χ0v) is 31.2. The average Bonchev–Trinajstić information content (AvgIpc) is 3.95. The summed E-state index contributed by atoms with van der Waals surface area (Å²) in [6.07, 6.45) is -0.727. The Bertz CT molecular complexity index is 2490. The predicted octanol–water partition coefficient (Wildman–Crippen LogP) is 7.07. The number of hydrogen-bond acceptors (Lipinski definition) is 9. The van der Waals surface area contributed by atoms with Crippen LogP contribution in [0.4, 0.5) is 0 Å². The van der Waals surface area contributed by atoms with E-state index >= 15 is 0 Å². The third-order valence-electron chi connectivity index (χ3n) is 10.6. The summed E-state index contributed by atoms with van der Waals surface area (Å²) in [7, 11) is 0. The smallest absolute Gasteiger partial charge is 0.262 e. The zero-order valence-electron chi connectivity index (χ0n) is 29.7. The van der Waals surface area contributed by atoms with Gasteiger partial charge in [0.2, 0.25) is 17.7 Å². The van der Waals surface area contributed by atoms with Crippen LogP contribution in [0.1, 0.15) is 62.1 Å². The number of para-hydroxylation sites is 2. The van der Waals surface area contributed by atoms with Gasteiger partial charge in [0.15, 0.2) is 27.8 Å². The van der Waals surface area contributed by atoms with Gasteiger partial charge in [-0.25, -0.2) is 4.98 Å². The molecule has 12 nitrogen and oxygen atoms in total. The minimum atomic E-state index is -1.20. The highest BCUT2D eigenvalue weighted by Gasteiger charge is 2.63. The first-order valence-corrected chi connectivity index (χ1v) is 18.6. The molecule has 54 heavy (non-hydrogen) atoms. The number of oxazole rings is 2. The van der Waals surface area contributed by atoms with Gasteiger partial charge in [-0.1, -0.05) is 99.4 Å². The Morgan fingerprint density at radius 2 is 1.70 bits per heavy atom. The number of carbonyl (C=O) groups excluding carboxylic acids is 2. The number of nitrogens with zero attached hydrogens (tertiary/aromatic N) is 2. The fraction of sp³-hybridized carbons (Fsp3) is 0.300. The van der Waals surface area contributed by atoms with Gasteiger partial charge < -0.3 is 39.7 Å². The first-order chi connectivity index (χ1) is 25.9. The first-order valence-electron chi connectivity index (χ1n) is 17.8. The van der Waals surface area contributed by atoms with Crippen LogP contribution in [0.15, 0.2) is 75.6 Å². The van der Waals surface area contributed by atoms with Gasteiger partial charge in [-0.05, 0) is 35.6 Å². The molecule has 0 saturated carbocycles. The molecule has 276 valence electrons. The summed E-state index contributed by atoms with van der Waals surface area (Å²) in [4.78, 5) is 40.4. The second-order valence-corrected chi connectivity index (χ2v) is 15.4. The fourth-order valence-corrected chi connectivity index (χ4v) is 8.24. The number of amides is 2. The Hall–Kier alpha value is -5.30. The van der Waals surface area contributed by atoms with Crippen molar-refractivity contribution in [3.05, 3.63) is 105 Å². The normalized spacial score (nSPS) is 21.9. The summed E-state index contributed by atoms with van der Waals surface area (Å²) in [5.74, 6) is 0.807. The van der Waals surface area contributed by atoms with Crippen molar-refractivity contribution in [1.29, 1.82) is 0 Å². The molecule has 6 heterocycles. The van der Waals surface area contributed by atoms with E-state index < -0.39 is 41.6 Å². The molecule has 3 aliphatic heterocycles. The molecule has 6 aromatic rings. The molecular weight excluding hydrogens is 731 g/mol. The second kappa shape index (κ2) is 12.6. The van der Waals surface area contributed by atoms with Crippen LogP contribution >= 0.6 is 23.2 Å². The standard InChI is InChI=1S/C40H36Cl2N6O6/c1-17(2)28(43)36(50)45-24-16-19-13-14-26-22(15-19)40(21-10-6-8-12-25(21)51-39(40)52-26)32-30(47-37(54-32)29(18(3)4)46-35(24)49)38-48-34(42)31(53-38)27-20-9-5-7-11-23(20)44-33(27)41/h5-15,17-18,24,28-29,39,44H,16,43H2,1-4H3,(H,45,50)(H,46,49)/t24-,28-,29-,39-,40+/m0/s1. The highest BCUT2D eigenvalue weighted by molar-refractivity contribution is 6.37. The molecule has 2 amide bonds. The third kappa shape index (κ3) is 5.14. The summed E-state index contributed by atoms with van der Waals surface area (Å²) in [5, 5.41) is 7.23. The molecule has 0 aliphatic carbocycles. The third-order valence-corrected chi connectivity index (χ3v) is 11.1. The summed E-state index contributed by atoms with van der Waals surface area (Å²) in [6.45, 7) is 7.59. The maximum atomic E-state index is 14.2. The highest BCUT2D eigenvalue weighted by Crippen LogP contribution is 2.60. The van der Waals surface area contributed by atoms with E-state index in [9.17, 15) is 9.59 Å². The topological polar surface area (TPSA) is 171 Å². The van der Waals surface area contributed by atoms with Gasteiger partial charge in [0.25, 0.3) is 12.2 Å². The lowest BCUT2D eigenvalue weighted by Crippen LogP contribution is -2.54. The molecule has 3 aromatic heterocycles. The Kier molecular flexibility index (Phi) is 8.07. The minimum absolute atomic E-state index is 0.0689. The van der Waals surface area contributed by atoms with Crippen LogP contribution in [0, 0.1) is 11.8 Å². The first kappa shape index (κ1) is 34.5. The molecule has 4 bridgehead atoms. The van der Waals surface area contributed by atoms with Crippen molar-refractivity contribution in [2.45, 2.75) is 63.9 Å². The molecule has 1 spiro atoms. The van der Waals surface area contributed by atoms with Gasteiger partial charge in [0.05, 0.1) is 11.6 Å². The molecule has 9 rings (SSSR count). The van der Waals surface area contributed by atoms with Gasteiger partial charge in [-0.2, -0.15) is 4.98 Å². The van der Waals surface area contributed by atoms with Gasteiger partial charge in [0, 0.05) is 28.5 Å². The van der Waals surface area contributed by atoms with Crippen LogP contribution in [0.25, 0.3) is 33.8 Å². The number of ether oxygens (including phenoxy) is 2. The quantitative estimate of drug-likeness (QED) is 0.139. The van der Waals surface area contributed by atoms with Gasteiger partial charge in [-0.15, -0.1) is 0 Å². The Morgan fingerprint density at radius 1 is 0.963 bits per heavy atom. The van der Waals surface area contributed by atoms with Crippen molar-refractivity contribution in [3.8, 4) is 34.4 Å². The maximum absolute atomic E-state index is 14.2. The number of aromatic nitrogens is 3. The SMILES string of the molecule is CC(C)[C@H](N)C(=O)N[C@H]1Cc2ccc3c(c2)[C@]2(c4ccccc4O[C@H]2O3)c2oc(nc2-c2nc(Cl)c(-c3c(Cl)[nH]c4ccccc34)o2)[C@H](C(C)C)NC1=O. The number of fused-ring (bicyclic) bond motifs is 5. The molecular formula is C40H36Cl2N6O6. The van der Waals surface area contributed by atoms with Crippen molar-refractivity contribution in [2.24, 2.45) is 17.6 Å². The van der Waals surface area contributed by atoms with Crippen LogP contribution in [0.2, 0.25) is 10.3 Å². The number of rotatable bonds is 6. The lowest BCUT2D eigenvalue weighted by molar-refractivity contribution is -0.130. The van der Waals surface area contributed by atoms with E-state index in [1.54, 1.807) is 0 Å². The van der Waals surface area contributed by atoms with E-state index in [1.165, 1.54) is 0 Å². The van der Waals surface area contributed by atoms with Crippen LogP contribution in [-0.2, 0) is 21.4 Å². The van der Waals surface area contributed by atoms with E-state index in [0.29, 0.717) is 28.0 Å². The van der Waals surface area contributed by atoms with Crippen LogP contribution < -0.4 is 25.8 Å². The van der Waals surface area contributed by atoms with Gasteiger partial charge >= 0.3 is 0 Å². The highest BCUT2D eigenvalue weighted by atomic mass is 35.5. The van der Waals surface area contributed by atoms with E-state index in [1.807, 2.05) is 94.4 Å². The van der Waals surface area contributed by atoms with E-state index in [4.69, 9.17) is 57.2 Å². The second-order valence-electron chi connectivity index (χ2n) is 14.7. The molecule has 3 aliphatic rings. The summed E-state index contributed by atoms with van der Waals surface area (Å²) in [6, 6.07) is 18.4. The molecule has 5 N–H and O–H groups in total.